The summed E-state index contributed by atoms with van der Waals surface area (Å²) < 4.78 is 5.86. The third-order valence-electron chi connectivity index (χ3n) is 6.26. The number of aromatic nitrogens is 3. The molecule has 1 saturated carbocycles. The van der Waals surface area contributed by atoms with Gasteiger partial charge in [0.15, 0.2) is 0 Å². The Kier molecular flexibility index (Phi) is 6.66. The molecule has 0 spiro atoms. The molecule has 3 aromatic rings. The number of benzene rings is 2. The number of likely N-dealkylation sites (N-methyl/N-ethyl adjacent to an activating group) is 1. The van der Waals surface area contributed by atoms with Gasteiger partial charge < -0.3 is 20.3 Å². The number of fused-ring (bicyclic) bond motifs is 1. The average Bonchev–Trinajstić information content (AvgIpc) is 3.60. The molecule has 10 nitrogen and oxygen atoms in total. The lowest BCUT2D eigenvalue weighted by Gasteiger charge is -2.20. The Hall–Kier alpha value is -4.21. The van der Waals surface area contributed by atoms with E-state index >= 15 is 0 Å². The van der Waals surface area contributed by atoms with Crippen molar-refractivity contribution in [3.05, 3.63) is 71.3 Å². The normalized spacial score (nSPS) is 17.1. The van der Waals surface area contributed by atoms with E-state index in [1.807, 2.05) is 42.5 Å². The molecule has 3 amide bonds. The van der Waals surface area contributed by atoms with Crippen molar-refractivity contribution in [3.63, 3.8) is 0 Å². The summed E-state index contributed by atoms with van der Waals surface area (Å²) in [6, 6.07) is 14.7. The molecule has 10 heteroatoms. The second-order valence-electron chi connectivity index (χ2n) is 9.15. The Labute approximate surface area is 208 Å². The molecule has 0 bridgehead atoms. The molecule has 2 heterocycles. The van der Waals surface area contributed by atoms with Crippen molar-refractivity contribution in [1.82, 2.24) is 25.8 Å². The zero-order valence-electron chi connectivity index (χ0n) is 20.0. The third-order valence-corrected chi connectivity index (χ3v) is 6.26. The predicted octanol–water partition coefficient (Wildman–Crippen LogP) is 1.76. The number of nitrogens with zero attached hydrogens (tertiary/aromatic N) is 3. The first-order valence-electron chi connectivity index (χ1n) is 12.0. The topological polar surface area (TPSA) is 129 Å². The first-order valence-corrected chi connectivity index (χ1v) is 12.0. The standard InChI is InChI=1S/C26H28N6O4/c1-32-20-13-17(8-12-23(33)27-18-9-10-18)7-11-21(20)36-15-19(26(32)35)28-25(34)24-29-22(30-31-24)14-16-5-3-2-4-6-16/h2-7,11,13,18-19H,8-10,12,14-15H2,1H3,(H,27,33)(H,28,34)(H,29,30,31)/t19-/m1/s1. The maximum Gasteiger partial charge on any atom is 0.291 e. The molecule has 1 atom stereocenters. The molecule has 186 valence electrons. The lowest BCUT2D eigenvalue weighted by atomic mass is 10.1. The van der Waals surface area contributed by atoms with Crippen LogP contribution in [0.3, 0.4) is 0 Å². The molecule has 0 unspecified atom stereocenters. The fourth-order valence-corrected chi connectivity index (χ4v) is 4.08. The molecule has 2 aromatic carbocycles. The molecule has 1 aromatic heterocycles. The monoisotopic (exact) mass is 488 g/mol. The number of carbonyl (C=O) groups excluding carboxylic acids is 3. The zero-order chi connectivity index (χ0) is 25.1. The van der Waals surface area contributed by atoms with Crippen molar-refractivity contribution >= 4 is 23.4 Å². The molecule has 5 rings (SSSR count). The highest BCUT2D eigenvalue weighted by atomic mass is 16.5. The first kappa shape index (κ1) is 23.5. The van der Waals surface area contributed by atoms with Crippen molar-refractivity contribution in [1.29, 1.82) is 0 Å². The number of carbonyl (C=O) groups is 3. The summed E-state index contributed by atoms with van der Waals surface area (Å²) in [6.45, 7) is -0.0215. The summed E-state index contributed by atoms with van der Waals surface area (Å²) in [5.74, 6) is 0.217. The van der Waals surface area contributed by atoms with Crippen LogP contribution in [0.5, 0.6) is 5.75 Å². The van der Waals surface area contributed by atoms with Gasteiger partial charge in [0.25, 0.3) is 11.8 Å². The van der Waals surface area contributed by atoms with Crippen molar-refractivity contribution in [3.8, 4) is 5.75 Å². The number of anilines is 1. The van der Waals surface area contributed by atoms with Gasteiger partial charge in [0, 0.05) is 25.9 Å². The number of amides is 3. The van der Waals surface area contributed by atoms with E-state index in [-0.39, 0.29) is 24.2 Å². The van der Waals surface area contributed by atoms with Gasteiger partial charge in [-0.3, -0.25) is 19.5 Å². The first-order chi connectivity index (χ1) is 17.5. The van der Waals surface area contributed by atoms with Crippen LogP contribution in [0.15, 0.2) is 48.5 Å². The summed E-state index contributed by atoms with van der Waals surface area (Å²) >= 11 is 0. The number of aryl methyl sites for hydroxylation is 1. The van der Waals surface area contributed by atoms with E-state index in [0.717, 1.165) is 24.0 Å². The number of rotatable bonds is 8. The van der Waals surface area contributed by atoms with Gasteiger partial charge >= 0.3 is 0 Å². The quantitative estimate of drug-likeness (QED) is 0.443. The van der Waals surface area contributed by atoms with Crippen molar-refractivity contribution in [2.45, 2.75) is 44.2 Å². The number of ether oxygens (including phenoxy) is 1. The van der Waals surface area contributed by atoms with Crippen LogP contribution in [-0.4, -0.2) is 58.6 Å². The molecule has 0 saturated heterocycles. The van der Waals surface area contributed by atoms with E-state index in [9.17, 15) is 14.4 Å². The molecular weight excluding hydrogens is 460 g/mol. The van der Waals surface area contributed by atoms with Crippen LogP contribution in [0.1, 0.15) is 46.8 Å². The van der Waals surface area contributed by atoms with Crippen molar-refractivity contribution < 1.29 is 19.1 Å². The van der Waals surface area contributed by atoms with Crippen molar-refractivity contribution in [2.75, 3.05) is 18.6 Å². The number of nitrogens with one attached hydrogen (secondary N) is 3. The van der Waals surface area contributed by atoms with Gasteiger partial charge in [-0.25, -0.2) is 4.98 Å². The third kappa shape index (κ3) is 5.54. The smallest absolute Gasteiger partial charge is 0.291 e. The highest BCUT2D eigenvalue weighted by Gasteiger charge is 2.32. The number of hydrogen-bond acceptors (Lipinski definition) is 6. The largest absolute Gasteiger partial charge is 0.489 e. The van der Waals surface area contributed by atoms with Crippen LogP contribution >= 0.6 is 0 Å². The summed E-state index contributed by atoms with van der Waals surface area (Å²) in [5.41, 5.74) is 2.56. The van der Waals surface area contributed by atoms with E-state index in [2.05, 4.69) is 25.8 Å². The van der Waals surface area contributed by atoms with Crippen LogP contribution in [-0.2, 0) is 22.4 Å². The lowest BCUT2D eigenvalue weighted by Crippen LogP contribution is -2.49. The van der Waals surface area contributed by atoms with Crippen LogP contribution in [0.2, 0.25) is 0 Å². The maximum atomic E-state index is 13.1. The second kappa shape index (κ2) is 10.2. The number of hydrogen-bond donors (Lipinski definition) is 3. The summed E-state index contributed by atoms with van der Waals surface area (Å²) in [7, 11) is 1.64. The lowest BCUT2D eigenvalue weighted by molar-refractivity contribution is -0.121. The van der Waals surface area contributed by atoms with Gasteiger partial charge in [-0.1, -0.05) is 36.4 Å². The minimum Gasteiger partial charge on any atom is -0.489 e. The van der Waals surface area contributed by atoms with E-state index in [1.165, 1.54) is 4.90 Å². The Bertz CT molecular complexity index is 1270. The van der Waals surface area contributed by atoms with E-state index < -0.39 is 11.9 Å². The molecule has 36 heavy (non-hydrogen) atoms. The molecule has 2 aliphatic rings. The molecule has 3 N–H and O–H groups in total. The SMILES string of the molecule is CN1C(=O)[C@H](NC(=O)c2n[nH]c(Cc3ccccc3)n2)COc2ccc(CCC(=O)NC3CC3)cc21. The van der Waals surface area contributed by atoms with Gasteiger partial charge in [0.05, 0.1) is 5.69 Å². The van der Waals surface area contributed by atoms with Gasteiger partial charge in [-0.05, 0) is 42.5 Å². The zero-order valence-corrected chi connectivity index (χ0v) is 20.0. The van der Waals surface area contributed by atoms with E-state index in [1.54, 1.807) is 13.1 Å². The van der Waals surface area contributed by atoms with Gasteiger partial charge in [-0.2, -0.15) is 0 Å². The Balaban J connectivity index is 1.21. The van der Waals surface area contributed by atoms with Crippen LogP contribution in [0.25, 0.3) is 0 Å². The molecule has 1 fully saturated rings. The van der Waals surface area contributed by atoms with E-state index in [0.29, 0.717) is 42.6 Å². The van der Waals surface area contributed by atoms with Crippen LogP contribution in [0.4, 0.5) is 5.69 Å². The highest BCUT2D eigenvalue weighted by molar-refractivity contribution is 6.02. The Morgan fingerprint density at radius 1 is 1.11 bits per heavy atom. The molecule has 0 radical (unpaired) electrons. The average molecular weight is 489 g/mol. The second-order valence-corrected chi connectivity index (χ2v) is 9.15. The fraction of sp³-hybridized carbons (Fsp3) is 0.346. The fourth-order valence-electron chi connectivity index (χ4n) is 4.08. The van der Waals surface area contributed by atoms with Gasteiger partial charge in [0.2, 0.25) is 11.7 Å². The van der Waals surface area contributed by atoms with Gasteiger partial charge in [0.1, 0.15) is 24.2 Å². The maximum absolute atomic E-state index is 13.1. The summed E-state index contributed by atoms with van der Waals surface area (Å²) in [5, 5.41) is 12.5. The summed E-state index contributed by atoms with van der Waals surface area (Å²) in [6.07, 6.45) is 3.56. The van der Waals surface area contributed by atoms with E-state index in [4.69, 9.17) is 4.74 Å². The molecule has 1 aliphatic heterocycles. The van der Waals surface area contributed by atoms with Crippen molar-refractivity contribution in [2.24, 2.45) is 0 Å². The highest BCUT2D eigenvalue weighted by Crippen LogP contribution is 2.32. The Morgan fingerprint density at radius 3 is 2.69 bits per heavy atom. The van der Waals surface area contributed by atoms with Gasteiger partial charge in [-0.15, -0.1) is 5.10 Å². The minimum atomic E-state index is -0.904. The number of aromatic amines is 1. The van der Waals surface area contributed by atoms with Crippen LogP contribution < -0.4 is 20.3 Å². The van der Waals surface area contributed by atoms with Crippen LogP contribution in [0, 0.1) is 0 Å². The Morgan fingerprint density at radius 2 is 1.92 bits per heavy atom. The minimum absolute atomic E-state index is 0.0215. The predicted molar refractivity (Wildman–Crippen MR) is 132 cm³/mol. The molecular formula is C26H28N6O4. The summed E-state index contributed by atoms with van der Waals surface area (Å²) in [4.78, 5) is 43.7. The molecule has 1 aliphatic carbocycles. The number of H-pyrrole nitrogens is 1.